The van der Waals surface area contributed by atoms with E-state index < -0.39 is 11.6 Å². The number of hydrogen-bond donors (Lipinski definition) is 1. The van der Waals surface area contributed by atoms with Crippen molar-refractivity contribution in [1.29, 1.82) is 0 Å². The highest BCUT2D eigenvalue weighted by Crippen LogP contribution is 2.12. The van der Waals surface area contributed by atoms with Crippen molar-refractivity contribution in [2.75, 3.05) is 0 Å². The van der Waals surface area contributed by atoms with E-state index in [1.54, 1.807) is 6.92 Å². The second-order valence-electron chi connectivity index (χ2n) is 5.18. The van der Waals surface area contributed by atoms with Crippen molar-refractivity contribution in [3.8, 4) is 0 Å². The molecule has 0 heterocycles. The molecule has 0 aliphatic heterocycles. The van der Waals surface area contributed by atoms with E-state index in [4.69, 9.17) is 4.74 Å². The second kappa shape index (κ2) is 5.87. The van der Waals surface area contributed by atoms with Crippen LogP contribution in [0.2, 0.25) is 0 Å². The molecule has 1 N–H and O–H groups in total. The van der Waals surface area contributed by atoms with Gasteiger partial charge in [-0.15, -0.1) is 0 Å². The van der Waals surface area contributed by atoms with Gasteiger partial charge in [0.25, 0.3) is 0 Å². The average Bonchev–Trinajstić information content (AvgIpc) is 2.09. The number of carbonyl (C=O) groups excluding carboxylic acids is 2. The summed E-state index contributed by atoms with van der Waals surface area (Å²) in [7, 11) is 0. The van der Waals surface area contributed by atoms with E-state index in [9.17, 15) is 9.59 Å². The van der Waals surface area contributed by atoms with Crippen molar-refractivity contribution in [2.24, 2.45) is 5.92 Å². The van der Waals surface area contributed by atoms with Gasteiger partial charge in [0.1, 0.15) is 11.6 Å². The maximum atomic E-state index is 11.8. The van der Waals surface area contributed by atoms with Crippen LogP contribution in [0.1, 0.15) is 48.0 Å². The Morgan fingerprint density at radius 2 is 1.75 bits per heavy atom. The summed E-state index contributed by atoms with van der Waals surface area (Å²) in [5.74, 6) is -0.487. The molecule has 0 aliphatic carbocycles. The quantitative estimate of drug-likeness (QED) is 0.749. The van der Waals surface area contributed by atoms with Crippen LogP contribution in [0.3, 0.4) is 0 Å². The van der Waals surface area contributed by atoms with E-state index in [0.717, 1.165) is 0 Å². The predicted octanol–water partition coefficient (Wildman–Crippen LogP) is 1.88. The van der Waals surface area contributed by atoms with Gasteiger partial charge < -0.3 is 10.1 Å². The molecule has 0 fully saturated rings. The Bertz CT molecular complexity index is 253. The first-order valence-corrected chi connectivity index (χ1v) is 5.69. The van der Waals surface area contributed by atoms with Gasteiger partial charge in [-0.3, -0.25) is 4.79 Å². The Morgan fingerprint density at radius 3 is 2.06 bits per heavy atom. The second-order valence-corrected chi connectivity index (χ2v) is 5.18. The molecule has 0 radical (unpaired) electrons. The highest BCUT2D eigenvalue weighted by molar-refractivity contribution is 5.84. The highest BCUT2D eigenvalue weighted by atomic mass is 16.6. The van der Waals surface area contributed by atoms with E-state index in [2.05, 4.69) is 5.32 Å². The number of ether oxygens (including phenoxy) is 1. The topological polar surface area (TPSA) is 55.4 Å². The van der Waals surface area contributed by atoms with Crippen LogP contribution in [0.5, 0.6) is 0 Å². The first-order chi connectivity index (χ1) is 7.17. The third-order valence-electron chi connectivity index (χ3n) is 1.96. The molecule has 0 bridgehead atoms. The number of nitrogens with one attached hydrogen (secondary N) is 1. The third-order valence-corrected chi connectivity index (χ3v) is 1.96. The van der Waals surface area contributed by atoms with Gasteiger partial charge in [0.05, 0.1) is 0 Å². The minimum absolute atomic E-state index is 0.0188. The first-order valence-electron chi connectivity index (χ1n) is 5.69. The number of carbonyl (C=O) groups is 2. The number of rotatable bonds is 4. The Morgan fingerprint density at radius 1 is 1.25 bits per heavy atom. The monoisotopic (exact) mass is 229 g/mol. The zero-order chi connectivity index (χ0) is 12.9. The molecule has 1 atom stereocenters. The summed E-state index contributed by atoms with van der Waals surface area (Å²) >= 11 is 0. The van der Waals surface area contributed by atoms with Crippen LogP contribution in [0, 0.1) is 5.92 Å². The number of amides is 1. The SMILES string of the molecule is CCC(=O)N[C@@H](C(=O)OC(C)(C)C)C(C)C. The maximum Gasteiger partial charge on any atom is 0.329 e. The standard InChI is InChI=1S/C12H23NO3/c1-7-9(14)13-10(8(2)3)11(15)16-12(4,5)6/h8,10H,7H2,1-6H3,(H,13,14)/t10-/m1/s1. The number of esters is 1. The molecule has 0 aromatic heterocycles. The lowest BCUT2D eigenvalue weighted by Crippen LogP contribution is -2.47. The summed E-state index contributed by atoms with van der Waals surface area (Å²) in [5.41, 5.74) is -0.527. The molecular formula is C12H23NO3. The average molecular weight is 229 g/mol. The normalized spacial score (nSPS) is 13.4. The van der Waals surface area contributed by atoms with E-state index in [0.29, 0.717) is 6.42 Å². The van der Waals surface area contributed by atoms with Gasteiger partial charge in [0, 0.05) is 6.42 Å². The molecule has 0 spiro atoms. The van der Waals surface area contributed by atoms with Crippen LogP contribution < -0.4 is 5.32 Å². The van der Waals surface area contributed by atoms with Crippen LogP contribution in [0.4, 0.5) is 0 Å². The van der Waals surface area contributed by atoms with Crippen LogP contribution >= 0.6 is 0 Å². The Hall–Kier alpha value is -1.06. The minimum atomic E-state index is -0.563. The zero-order valence-corrected chi connectivity index (χ0v) is 11.1. The van der Waals surface area contributed by atoms with E-state index >= 15 is 0 Å². The first kappa shape index (κ1) is 14.9. The molecular weight excluding hydrogens is 206 g/mol. The lowest BCUT2D eigenvalue weighted by molar-refractivity contribution is -0.160. The summed E-state index contributed by atoms with van der Waals surface area (Å²) in [5, 5.41) is 2.68. The van der Waals surface area contributed by atoms with Crippen molar-refractivity contribution in [3.63, 3.8) is 0 Å². The Kier molecular flexibility index (Phi) is 5.48. The van der Waals surface area contributed by atoms with Gasteiger partial charge in [0.15, 0.2) is 0 Å². The summed E-state index contributed by atoms with van der Waals surface area (Å²) in [4.78, 5) is 23.1. The molecule has 0 rings (SSSR count). The molecule has 0 saturated carbocycles. The summed E-state index contributed by atoms with van der Waals surface area (Å²) in [6.07, 6.45) is 0.367. The molecule has 0 unspecified atom stereocenters. The molecule has 0 saturated heterocycles. The molecule has 4 nitrogen and oxygen atoms in total. The smallest absolute Gasteiger partial charge is 0.329 e. The minimum Gasteiger partial charge on any atom is -0.458 e. The third kappa shape index (κ3) is 5.73. The Labute approximate surface area is 97.7 Å². The Balaban J connectivity index is 4.54. The van der Waals surface area contributed by atoms with Crippen molar-refractivity contribution in [3.05, 3.63) is 0 Å². The molecule has 0 aromatic carbocycles. The van der Waals surface area contributed by atoms with Crippen LogP contribution in [-0.2, 0) is 14.3 Å². The highest BCUT2D eigenvalue weighted by Gasteiger charge is 2.28. The maximum absolute atomic E-state index is 11.8. The van der Waals surface area contributed by atoms with Gasteiger partial charge in [-0.25, -0.2) is 4.79 Å². The van der Waals surface area contributed by atoms with E-state index in [-0.39, 0.29) is 17.8 Å². The fourth-order valence-corrected chi connectivity index (χ4v) is 1.14. The largest absolute Gasteiger partial charge is 0.458 e. The van der Waals surface area contributed by atoms with E-state index in [1.807, 2.05) is 34.6 Å². The van der Waals surface area contributed by atoms with Crippen LogP contribution in [-0.4, -0.2) is 23.5 Å². The van der Waals surface area contributed by atoms with Crippen LogP contribution in [0.25, 0.3) is 0 Å². The van der Waals surface area contributed by atoms with E-state index in [1.165, 1.54) is 0 Å². The molecule has 16 heavy (non-hydrogen) atoms. The predicted molar refractivity (Wildman–Crippen MR) is 62.9 cm³/mol. The molecule has 1 amide bonds. The van der Waals surface area contributed by atoms with Crippen LogP contribution in [0.15, 0.2) is 0 Å². The van der Waals surface area contributed by atoms with Gasteiger partial charge >= 0.3 is 5.97 Å². The summed E-state index contributed by atoms with van der Waals surface area (Å²) < 4.78 is 5.25. The number of hydrogen-bond acceptors (Lipinski definition) is 3. The van der Waals surface area contributed by atoms with Gasteiger partial charge in [0.2, 0.25) is 5.91 Å². The summed E-state index contributed by atoms with van der Waals surface area (Å²) in [6.45, 7) is 10.9. The fraction of sp³-hybridized carbons (Fsp3) is 0.833. The molecule has 94 valence electrons. The van der Waals surface area contributed by atoms with Crippen molar-refractivity contribution in [1.82, 2.24) is 5.32 Å². The van der Waals surface area contributed by atoms with Gasteiger partial charge in [-0.05, 0) is 26.7 Å². The molecule has 4 heteroatoms. The van der Waals surface area contributed by atoms with Crippen molar-refractivity contribution < 1.29 is 14.3 Å². The lowest BCUT2D eigenvalue weighted by atomic mass is 10.0. The zero-order valence-electron chi connectivity index (χ0n) is 11.1. The van der Waals surface area contributed by atoms with Gasteiger partial charge in [-0.1, -0.05) is 20.8 Å². The molecule has 0 aliphatic rings. The van der Waals surface area contributed by atoms with Crippen molar-refractivity contribution >= 4 is 11.9 Å². The molecule has 0 aromatic rings. The fourth-order valence-electron chi connectivity index (χ4n) is 1.14. The van der Waals surface area contributed by atoms with Crippen molar-refractivity contribution in [2.45, 2.75) is 59.6 Å². The van der Waals surface area contributed by atoms with Gasteiger partial charge in [-0.2, -0.15) is 0 Å². The lowest BCUT2D eigenvalue weighted by Gasteiger charge is -2.26. The summed E-state index contributed by atoms with van der Waals surface area (Å²) in [6, 6.07) is -0.563.